The van der Waals surface area contributed by atoms with Crippen molar-refractivity contribution in [2.75, 3.05) is 0 Å². The van der Waals surface area contributed by atoms with Gasteiger partial charge in [0, 0.05) is 17.9 Å². The van der Waals surface area contributed by atoms with Crippen molar-refractivity contribution >= 4 is 11.5 Å². The van der Waals surface area contributed by atoms with Gasteiger partial charge >= 0.3 is 0 Å². The van der Waals surface area contributed by atoms with E-state index in [2.05, 4.69) is 17.6 Å². The van der Waals surface area contributed by atoms with Gasteiger partial charge in [-0.2, -0.15) is 5.26 Å². The summed E-state index contributed by atoms with van der Waals surface area (Å²) in [5.41, 5.74) is 8.33. The molecule has 5 nitrogen and oxygen atoms in total. The fourth-order valence-corrected chi connectivity index (χ4v) is 3.01. The molecule has 1 aromatic heterocycles. The van der Waals surface area contributed by atoms with Gasteiger partial charge in [0.1, 0.15) is 5.76 Å². The zero-order valence-corrected chi connectivity index (χ0v) is 14.3. The lowest BCUT2D eigenvalue weighted by Crippen LogP contribution is -2.22. The topological polar surface area (TPSA) is 92.9 Å². The van der Waals surface area contributed by atoms with Crippen LogP contribution in [0.25, 0.3) is 5.70 Å². The largest absolute Gasteiger partial charge is 0.440 e. The Labute approximate surface area is 152 Å². The van der Waals surface area contributed by atoms with E-state index in [1.54, 1.807) is 48.6 Å². The van der Waals surface area contributed by atoms with Crippen LogP contribution in [0.2, 0.25) is 0 Å². The highest BCUT2D eigenvalue weighted by atomic mass is 16.4. The van der Waals surface area contributed by atoms with E-state index >= 15 is 0 Å². The molecular formula is C21H19N3O2. The highest BCUT2D eigenvalue weighted by molar-refractivity contribution is 5.98. The van der Waals surface area contributed by atoms with Crippen molar-refractivity contribution in [3.05, 3.63) is 83.6 Å². The van der Waals surface area contributed by atoms with Gasteiger partial charge in [-0.3, -0.25) is 4.79 Å². The molecule has 130 valence electrons. The average Bonchev–Trinajstić information content (AvgIpc) is 3.11. The first kappa shape index (κ1) is 17.4. The van der Waals surface area contributed by atoms with Gasteiger partial charge in [0.2, 0.25) is 5.89 Å². The number of rotatable bonds is 5. The normalized spacial score (nSPS) is 16.9. The van der Waals surface area contributed by atoms with Gasteiger partial charge in [-0.25, -0.2) is 4.98 Å². The minimum absolute atomic E-state index is 0.0307. The van der Waals surface area contributed by atoms with E-state index in [-0.39, 0.29) is 11.7 Å². The summed E-state index contributed by atoms with van der Waals surface area (Å²) in [5.74, 6) is 0.944. The molecule has 0 saturated heterocycles. The smallest absolute Gasteiger partial charge is 0.242 e. The minimum Gasteiger partial charge on any atom is -0.440 e. The molecule has 0 radical (unpaired) electrons. The molecule has 1 unspecified atom stereocenters. The van der Waals surface area contributed by atoms with Crippen molar-refractivity contribution in [2.24, 2.45) is 11.7 Å². The first-order chi connectivity index (χ1) is 12.6. The molecule has 1 aliphatic rings. The van der Waals surface area contributed by atoms with Crippen LogP contribution in [0.3, 0.4) is 0 Å². The van der Waals surface area contributed by atoms with Crippen LogP contribution >= 0.6 is 0 Å². The number of nitrogens with zero attached hydrogens (tertiary/aromatic N) is 2. The SMILES string of the molecule is C=C/C=C\C=C(/N)c1nc2c(o1)CC(C(=O)c1cccc(C#N)c1)CC2. The van der Waals surface area contributed by atoms with Gasteiger partial charge < -0.3 is 10.2 Å². The van der Waals surface area contributed by atoms with Crippen molar-refractivity contribution in [1.29, 1.82) is 5.26 Å². The highest BCUT2D eigenvalue weighted by Crippen LogP contribution is 2.29. The maximum Gasteiger partial charge on any atom is 0.242 e. The lowest BCUT2D eigenvalue weighted by atomic mass is 9.84. The van der Waals surface area contributed by atoms with Crippen LogP contribution in [-0.2, 0) is 12.8 Å². The Morgan fingerprint density at radius 1 is 1.42 bits per heavy atom. The molecule has 0 amide bonds. The van der Waals surface area contributed by atoms with E-state index < -0.39 is 0 Å². The third-order valence-corrected chi connectivity index (χ3v) is 4.36. The van der Waals surface area contributed by atoms with Gasteiger partial charge in [-0.05, 0) is 31.1 Å². The van der Waals surface area contributed by atoms with Crippen LogP contribution in [-0.4, -0.2) is 10.8 Å². The number of ketones is 1. The Bertz CT molecular complexity index is 944. The molecule has 2 N–H and O–H groups in total. The number of carbonyl (C=O) groups excluding carboxylic acids is 1. The van der Waals surface area contributed by atoms with E-state index in [0.29, 0.717) is 47.7 Å². The molecule has 1 aliphatic carbocycles. The number of nitrogens with two attached hydrogens (primary N) is 1. The van der Waals surface area contributed by atoms with E-state index in [1.807, 2.05) is 0 Å². The number of fused-ring (bicyclic) bond motifs is 1. The first-order valence-electron chi connectivity index (χ1n) is 8.40. The maximum atomic E-state index is 12.8. The lowest BCUT2D eigenvalue weighted by molar-refractivity contribution is 0.0903. The van der Waals surface area contributed by atoms with Crippen molar-refractivity contribution in [2.45, 2.75) is 19.3 Å². The van der Waals surface area contributed by atoms with E-state index in [0.717, 1.165) is 5.69 Å². The Hall–Kier alpha value is -3.39. The molecule has 1 heterocycles. The van der Waals surface area contributed by atoms with Crippen LogP contribution in [0.15, 0.2) is 59.6 Å². The fourth-order valence-electron chi connectivity index (χ4n) is 3.01. The number of aromatic nitrogens is 1. The van der Waals surface area contributed by atoms with Gasteiger partial charge in [0.05, 0.1) is 23.0 Å². The van der Waals surface area contributed by atoms with Gasteiger partial charge in [-0.15, -0.1) is 0 Å². The molecule has 0 aliphatic heterocycles. The number of hydrogen-bond donors (Lipinski definition) is 1. The number of Topliss-reactive ketones (excluding diaryl/α,β-unsaturated/α-hetero) is 1. The first-order valence-corrected chi connectivity index (χ1v) is 8.40. The second-order valence-electron chi connectivity index (χ2n) is 6.13. The third kappa shape index (κ3) is 3.65. The highest BCUT2D eigenvalue weighted by Gasteiger charge is 2.29. The summed E-state index contributed by atoms with van der Waals surface area (Å²) in [5, 5.41) is 9.00. The van der Waals surface area contributed by atoms with Crippen LogP contribution in [0.5, 0.6) is 0 Å². The molecule has 0 fully saturated rings. The standard InChI is InChI=1S/C21H19N3O2/c1-2-3-4-8-17(23)21-24-18-10-9-16(12-19(18)26-21)20(25)15-7-5-6-14(11-15)13-22/h2-8,11,16H,1,9-10,12,23H2/b4-3-,17-8-. The zero-order chi connectivity index (χ0) is 18.5. The third-order valence-electron chi connectivity index (χ3n) is 4.36. The van der Waals surface area contributed by atoms with Gasteiger partial charge in [-0.1, -0.05) is 36.9 Å². The summed E-state index contributed by atoms with van der Waals surface area (Å²) in [6, 6.07) is 8.87. The number of hydrogen-bond acceptors (Lipinski definition) is 5. The van der Waals surface area contributed by atoms with Gasteiger partial charge in [0.15, 0.2) is 5.78 Å². The van der Waals surface area contributed by atoms with Crippen LogP contribution < -0.4 is 5.73 Å². The van der Waals surface area contributed by atoms with Crippen molar-refractivity contribution in [3.63, 3.8) is 0 Å². The van der Waals surface area contributed by atoms with Crippen molar-refractivity contribution in [1.82, 2.24) is 4.98 Å². The number of aryl methyl sites for hydroxylation is 1. The van der Waals surface area contributed by atoms with Crippen LogP contribution in [0, 0.1) is 17.2 Å². The van der Waals surface area contributed by atoms with Gasteiger partial charge in [0.25, 0.3) is 0 Å². The molecule has 3 rings (SSSR count). The second kappa shape index (κ2) is 7.66. The van der Waals surface area contributed by atoms with Crippen LogP contribution in [0.1, 0.15) is 39.7 Å². The monoisotopic (exact) mass is 345 g/mol. The lowest BCUT2D eigenvalue weighted by Gasteiger charge is -2.19. The summed E-state index contributed by atoms with van der Waals surface area (Å²) >= 11 is 0. The minimum atomic E-state index is -0.178. The van der Waals surface area contributed by atoms with E-state index in [9.17, 15) is 4.79 Å². The number of oxazole rings is 1. The molecular weight excluding hydrogens is 326 g/mol. The summed E-state index contributed by atoms with van der Waals surface area (Å²) in [4.78, 5) is 17.2. The number of allylic oxidation sites excluding steroid dienone is 4. The van der Waals surface area contributed by atoms with Crippen molar-refractivity contribution < 1.29 is 9.21 Å². The molecule has 2 aromatic rings. The zero-order valence-electron chi connectivity index (χ0n) is 14.3. The molecule has 0 saturated carbocycles. The number of nitriles is 1. The van der Waals surface area contributed by atoms with E-state index in [4.69, 9.17) is 15.4 Å². The fraction of sp³-hybridized carbons (Fsp3) is 0.190. The Kier molecular flexibility index (Phi) is 5.14. The number of benzene rings is 1. The van der Waals surface area contributed by atoms with Crippen LogP contribution in [0.4, 0.5) is 0 Å². The quantitative estimate of drug-likeness (QED) is 0.660. The Morgan fingerprint density at radius 2 is 2.27 bits per heavy atom. The average molecular weight is 345 g/mol. The molecule has 5 heteroatoms. The second-order valence-corrected chi connectivity index (χ2v) is 6.13. The van der Waals surface area contributed by atoms with E-state index in [1.165, 1.54) is 0 Å². The molecule has 0 spiro atoms. The summed E-state index contributed by atoms with van der Waals surface area (Å²) in [6.45, 7) is 3.60. The number of carbonyl (C=O) groups is 1. The predicted octanol–water partition coefficient (Wildman–Crippen LogP) is 3.58. The summed E-state index contributed by atoms with van der Waals surface area (Å²) in [7, 11) is 0. The predicted molar refractivity (Wildman–Crippen MR) is 99.0 cm³/mol. The summed E-state index contributed by atoms with van der Waals surface area (Å²) in [6.07, 6.45) is 8.75. The molecule has 1 aromatic carbocycles. The Balaban J connectivity index is 1.78. The molecule has 26 heavy (non-hydrogen) atoms. The Morgan fingerprint density at radius 3 is 3.04 bits per heavy atom. The maximum absolute atomic E-state index is 12.8. The molecule has 1 atom stereocenters. The van der Waals surface area contributed by atoms with Crippen molar-refractivity contribution in [3.8, 4) is 6.07 Å². The summed E-state index contributed by atoms with van der Waals surface area (Å²) < 4.78 is 5.79. The molecule has 0 bridgehead atoms.